The maximum absolute atomic E-state index is 12.4. The van der Waals surface area contributed by atoms with Gasteiger partial charge in [-0.25, -0.2) is 4.79 Å². The second-order valence-electron chi connectivity index (χ2n) is 8.09. The van der Waals surface area contributed by atoms with Gasteiger partial charge in [0.1, 0.15) is 34.6 Å². The summed E-state index contributed by atoms with van der Waals surface area (Å²) in [6.07, 6.45) is 0. The molecule has 35 heavy (non-hydrogen) atoms. The van der Waals surface area contributed by atoms with Crippen LogP contribution in [0.25, 0.3) is 0 Å². The number of carbonyl (C=O) groups excluding carboxylic acids is 1. The van der Waals surface area contributed by atoms with Crippen LogP contribution in [0, 0.1) is 25.2 Å². The summed E-state index contributed by atoms with van der Waals surface area (Å²) in [5.74, 6) is 1.04. The van der Waals surface area contributed by atoms with Gasteiger partial charge in [-0.1, -0.05) is 30.3 Å². The van der Waals surface area contributed by atoms with Crippen LogP contribution in [0.2, 0.25) is 0 Å². The Morgan fingerprint density at radius 3 is 2.63 bits per heavy atom. The molecule has 4 rings (SSSR count). The smallest absolute Gasteiger partial charge is 0.349 e. The minimum Gasteiger partial charge on any atom is -0.494 e. The fourth-order valence-corrected chi connectivity index (χ4v) is 3.97. The Kier molecular flexibility index (Phi) is 6.93. The van der Waals surface area contributed by atoms with Crippen LogP contribution in [-0.2, 0) is 4.79 Å². The average Bonchev–Trinajstić information content (AvgIpc) is 2.84. The van der Waals surface area contributed by atoms with Crippen molar-refractivity contribution < 1.29 is 23.7 Å². The van der Waals surface area contributed by atoms with Crippen molar-refractivity contribution in [3.8, 4) is 29.1 Å². The summed E-state index contributed by atoms with van der Waals surface area (Å²) in [4.78, 5) is 12.4. The monoisotopic (exact) mass is 470 g/mol. The van der Waals surface area contributed by atoms with Crippen LogP contribution in [0.1, 0.15) is 35.1 Å². The molecule has 0 bridgehead atoms. The number of aryl methyl sites for hydroxylation is 1. The van der Waals surface area contributed by atoms with E-state index in [4.69, 9.17) is 24.7 Å². The molecular formula is C28H26N2O5. The van der Waals surface area contributed by atoms with Crippen LogP contribution < -0.4 is 24.7 Å². The number of allylic oxidation sites excluding steroid dienone is 1. The van der Waals surface area contributed by atoms with Crippen LogP contribution in [0.15, 0.2) is 72.1 Å². The number of hydrogen-bond acceptors (Lipinski definition) is 7. The zero-order valence-electron chi connectivity index (χ0n) is 19.8. The minimum atomic E-state index is -0.552. The molecule has 3 aromatic rings. The van der Waals surface area contributed by atoms with Gasteiger partial charge in [0.15, 0.2) is 6.61 Å². The zero-order valence-corrected chi connectivity index (χ0v) is 19.8. The first-order valence-electron chi connectivity index (χ1n) is 11.2. The van der Waals surface area contributed by atoms with Crippen molar-refractivity contribution in [1.82, 2.24) is 0 Å². The third-order valence-electron chi connectivity index (χ3n) is 5.83. The van der Waals surface area contributed by atoms with Crippen molar-refractivity contribution in [1.29, 1.82) is 5.26 Å². The molecule has 1 aliphatic heterocycles. The number of nitrogens with two attached hydrogens (primary N) is 1. The van der Waals surface area contributed by atoms with E-state index in [1.807, 2.05) is 63.2 Å². The van der Waals surface area contributed by atoms with Gasteiger partial charge in [-0.2, -0.15) is 5.26 Å². The van der Waals surface area contributed by atoms with E-state index in [0.717, 1.165) is 22.3 Å². The molecular weight excluding hydrogens is 444 g/mol. The number of esters is 1. The fourth-order valence-electron chi connectivity index (χ4n) is 3.97. The summed E-state index contributed by atoms with van der Waals surface area (Å²) in [7, 11) is 0. The van der Waals surface area contributed by atoms with Crippen LogP contribution in [0.3, 0.4) is 0 Å². The number of ether oxygens (including phenoxy) is 4. The highest BCUT2D eigenvalue weighted by atomic mass is 16.6. The third kappa shape index (κ3) is 5.07. The van der Waals surface area contributed by atoms with Crippen molar-refractivity contribution in [2.75, 3.05) is 13.2 Å². The molecule has 0 saturated carbocycles. The van der Waals surface area contributed by atoms with Gasteiger partial charge >= 0.3 is 5.97 Å². The van der Waals surface area contributed by atoms with E-state index < -0.39 is 11.9 Å². The predicted octanol–water partition coefficient (Wildman–Crippen LogP) is 4.90. The van der Waals surface area contributed by atoms with E-state index in [9.17, 15) is 10.1 Å². The molecule has 0 aliphatic carbocycles. The number of benzene rings is 3. The van der Waals surface area contributed by atoms with Crippen LogP contribution in [-0.4, -0.2) is 19.2 Å². The first-order chi connectivity index (χ1) is 16.9. The summed E-state index contributed by atoms with van der Waals surface area (Å²) in [5.41, 5.74) is 10.0. The highest BCUT2D eigenvalue weighted by molar-refractivity contribution is 5.74. The van der Waals surface area contributed by atoms with Gasteiger partial charge in [0, 0.05) is 11.6 Å². The molecule has 0 amide bonds. The standard InChI is InChI=1S/C28H26N2O5/c1-4-32-20-9-6-8-19(13-20)27-22-12-11-21(14-25(22)35-28(30)23(27)15-29)34-26(31)16-33-24-10-5-7-17(2)18(24)3/h5-14,27H,4,16,30H2,1-3H3. The van der Waals surface area contributed by atoms with E-state index in [0.29, 0.717) is 29.4 Å². The molecule has 0 radical (unpaired) electrons. The van der Waals surface area contributed by atoms with Crippen molar-refractivity contribution in [2.45, 2.75) is 26.7 Å². The van der Waals surface area contributed by atoms with E-state index in [-0.39, 0.29) is 18.2 Å². The summed E-state index contributed by atoms with van der Waals surface area (Å²) in [6.45, 7) is 6.11. The average molecular weight is 471 g/mol. The molecule has 3 aromatic carbocycles. The number of rotatable bonds is 7. The third-order valence-corrected chi connectivity index (χ3v) is 5.83. The summed E-state index contributed by atoms with van der Waals surface area (Å²) < 4.78 is 22.4. The van der Waals surface area contributed by atoms with Gasteiger partial charge in [-0.3, -0.25) is 0 Å². The first-order valence-corrected chi connectivity index (χ1v) is 11.2. The Hall–Kier alpha value is -4.44. The number of nitrogens with zero attached hydrogens (tertiary/aromatic N) is 1. The van der Waals surface area contributed by atoms with Crippen LogP contribution in [0.5, 0.6) is 23.0 Å². The highest BCUT2D eigenvalue weighted by Crippen LogP contribution is 2.44. The van der Waals surface area contributed by atoms with Gasteiger partial charge in [0.25, 0.3) is 0 Å². The van der Waals surface area contributed by atoms with Crippen LogP contribution >= 0.6 is 0 Å². The summed E-state index contributed by atoms with van der Waals surface area (Å²) in [5, 5.41) is 9.77. The quantitative estimate of drug-likeness (QED) is 0.387. The van der Waals surface area contributed by atoms with Gasteiger partial charge in [-0.15, -0.1) is 0 Å². The van der Waals surface area contributed by atoms with E-state index in [1.54, 1.807) is 18.2 Å². The second-order valence-corrected chi connectivity index (χ2v) is 8.09. The number of fused-ring (bicyclic) bond motifs is 1. The molecule has 0 spiro atoms. The second kappa shape index (κ2) is 10.2. The lowest BCUT2D eigenvalue weighted by Gasteiger charge is -2.27. The summed E-state index contributed by atoms with van der Waals surface area (Å²) >= 11 is 0. The number of nitriles is 1. The van der Waals surface area contributed by atoms with E-state index in [1.165, 1.54) is 0 Å². The molecule has 1 unspecified atom stereocenters. The van der Waals surface area contributed by atoms with Gasteiger partial charge < -0.3 is 24.7 Å². The number of carbonyl (C=O) groups is 1. The summed E-state index contributed by atoms with van der Waals surface area (Å²) in [6, 6.07) is 20.4. The van der Waals surface area contributed by atoms with Crippen LogP contribution in [0.4, 0.5) is 0 Å². The zero-order chi connectivity index (χ0) is 24.9. The Labute approximate surface area is 204 Å². The van der Waals surface area contributed by atoms with E-state index >= 15 is 0 Å². The minimum absolute atomic E-state index is 0.00791. The molecule has 7 heteroatoms. The molecule has 1 atom stereocenters. The Morgan fingerprint density at radius 2 is 1.86 bits per heavy atom. The van der Waals surface area contributed by atoms with E-state index in [2.05, 4.69) is 6.07 Å². The molecule has 1 aliphatic rings. The maximum Gasteiger partial charge on any atom is 0.349 e. The molecule has 2 N–H and O–H groups in total. The molecule has 178 valence electrons. The van der Waals surface area contributed by atoms with Crippen molar-refractivity contribution in [3.63, 3.8) is 0 Å². The number of hydrogen-bond donors (Lipinski definition) is 1. The lowest BCUT2D eigenvalue weighted by atomic mass is 9.83. The largest absolute Gasteiger partial charge is 0.494 e. The highest BCUT2D eigenvalue weighted by Gasteiger charge is 2.31. The fraction of sp³-hybridized carbons (Fsp3) is 0.214. The molecule has 0 aromatic heterocycles. The lowest BCUT2D eigenvalue weighted by molar-refractivity contribution is -0.136. The predicted molar refractivity (Wildman–Crippen MR) is 130 cm³/mol. The topological polar surface area (TPSA) is 104 Å². The maximum atomic E-state index is 12.4. The molecule has 0 fully saturated rings. The lowest BCUT2D eigenvalue weighted by Crippen LogP contribution is -2.22. The Balaban J connectivity index is 1.56. The van der Waals surface area contributed by atoms with Gasteiger partial charge in [0.2, 0.25) is 5.88 Å². The first kappa shape index (κ1) is 23.7. The molecule has 1 heterocycles. The molecule has 0 saturated heterocycles. The molecule has 7 nitrogen and oxygen atoms in total. The SMILES string of the molecule is CCOc1cccc(C2C(C#N)=C(N)Oc3cc(OC(=O)COc4cccc(C)c4C)ccc32)c1. The van der Waals surface area contributed by atoms with Crippen molar-refractivity contribution >= 4 is 5.97 Å². The van der Waals surface area contributed by atoms with Gasteiger partial charge in [-0.05, 0) is 61.7 Å². The van der Waals surface area contributed by atoms with Gasteiger partial charge in [0.05, 0.1) is 12.5 Å². The normalized spacial score (nSPS) is 14.4. The Morgan fingerprint density at radius 1 is 1.06 bits per heavy atom. The Bertz CT molecular complexity index is 1340. The van der Waals surface area contributed by atoms with Crippen molar-refractivity contribution in [2.24, 2.45) is 5.73 Å². The van der Waals surface area contributed by atoms with Crippen molar-refractivity contribution in [3.05, 3.63) is 94.4 Å².